The molecule has 0 aliphatic rings. The number of aldehydes is 1. The smallest absolute Gasteiger partial charge is 0.412 e. The number of halogens is 6. The normalized spacial score (nSPS) is 11.0. The number of aliphatic hydroxyl groups is 1. The fraction of sp³-hybridized carbons (Fsp3) is 0.286. The van der Waals surface area contributed by atoms with E-state index in [0.717, 1.165) is 27.8 Å². The number of ether oxygens (including phenoxy) is 2. The minimum Gasteiger partial charge on any atom is -0.447 e. The molecular formula is C49H56Cl4F2N8O8S2. The van der Waals surface area contributed by atoms with E-state index in [0.29, 0.717) is 35.6 Å². The molecule has 5 N–H and O–H groups in total. The number of alkyl halides is 2. The lowest BCUT2D eigenvalue weighted by molar-refractivity contribution is -0.108. The molecule has 6 rings (SSSR count). The highest BCUT2D eigenvalue weighted by atomic mass is 35.5. The molecule has 24 heteroatoms. The summed E-state index contributed by atoms with van der Waals surface area (Å²) in [6.07, 6.45) is 3.85. The summed E-state index contributed by atoms with van der Waals surface area (Å²) < 4.78 is 37.8. The van der Waals surface area contributed by atoms with E-state index in [1.807, 2.05) is 48.5 Å². The Labute approximate surface area is 455 Å². The number of hydrogen-bond acceptors (Lipinski definition) is 10. The van der Waals surface area contributed by atoms with E-state index < -0.39 is 48.0 Å². The summed E-state index contributed by atoms with van der Waals surface area (Å²) in [5, 5.41) is 23.5. The van der Waals surface area contributed by atoms with E-state index >= 15 is 0 Å². The van der Waals surface area contributed by atoms with Gasteiger partial charge in [-0.05, 0) is 65.4 Å². The van der Waals surface area contributed by atoms with Crippen LogP contribution in [-0.4, -0.2) is 107 Å². The average molecular weight is 1130 g/mol. The third-order valence-electron chi connectivity index (χ3n) is 10.5. The number of aliphatic hydroxyl groups excluding tert-OH is 1. The molecule has 4 aromatic carbocycles. The molecule has 0 unspecified atom stereocenters. The maximum Gasteiger partial charge on any atom is 0.412 e. The third kappa shape index (κ3) is 20.9. The van der Waals surface area contributed by atoms with Gasteiger partial charge in [-0.1, -0.05) is 96.0 Å². The van der Waals surface area contributed by atoms with Crippen LogP contribution in [0.15, 0.2) is 109 Å². The van der Waals surface area contributed by atoms with Gasteiger partial charge in [0.05, 0.1) is 27.5 Å². The summed E-state index contributed by atoms with van der Waals surface area (Å²) in [5.74, 6) is -0.478. The first-order chi connectivity index (χ1) is 34.2. The molecule has 6 amide bonds. The number of hydrogen-bond donors (Lipinski definition) is 5. The molecule has 0 saturated heterocycles. The van der Waals surface area contributed by atoms with Crippen LogP contribution < -0.4 is 21.3 Å². The van der Waals surface area contributed by atoms with Gasteiger partial charge in [0.15, 0.2) is 0 Å². The summed E-state index contributed by atoms with van der Waals surface area (Å²) in [6.45, 7) is -0.267. The van der Waals surface area contributed by atoms with Gasteiger partial charge in [0.1, 0.15) is 42.8 Å². The number of carbonyl (C=O) groups is 5. The maximum absolute atomic E-state index is 13.6. The number of amides is 6. The number of pyridine rings is 2. The number of rotatable bonds is 18. The van der Waals surface area contributed by atoms with Crippen molar-refractivity contribution >= 4 is 137 Å². The lowest BCUT2D eigenvalue weighted by Gasteiger charge is -2.28. The Balaban J connectivity index is 0.000000462. The first kappa shape index (κ1) is 63.2. The van der Waals surface area contributed by atoms with Crippen molar-refractivity contribution in [3.05, 3.63) is 142 Å². The van der Waals surface area contributed by atoms with Crippen molar-refractivity contribution in [2.75, 3.05) is 49.9 Å². The number of anilines is 2. The molecule has 0 spiro atoms. The van der Waals surface area contributed by atoms with E-state index in [2.05, 4.69) is 31.2 Å². The van der Waals surface area contributed by atoms with Crippen molar-refractivity contribution < 1.29 is 47.3 Å². The maximum atomic E-state index is 13.6. The van der Waals surface area contributed by atoms with Crippen LogP contribution in [0, 0.1) is 11.6 Å². The summed E-state index contributed by atoms with van der Waals surface area (Å²) in [4.78, 5) is 71.8. The van der Waals surface area contributed by atoms with E-state index in [1.165, 1.54) is 41.1 Å². The molecule has 394 valence electrons. The lowest BCUT2D eigenvalue weighted by atomic mass is 10.1. The Hall–Kier alpha value is -5.87. The predicted molar refractivity (Wildman–Crippen MR) is 293 cm³/mol. The topological polar surface area (TPSA) is 204 Å². The molecule has 0 bridgehead atoms. The fourth-order valence-corrected chi connectivity index (χ4v) is 6.97. The van der Waals surface area contributed by atoms with Crippen molar-refractivity contribution in [1.29, 1.82) is 0 Å². The molecular weight excluding hydrogens is 1070 g/mol. The van der Waals surface area contributed by atoms with Crippen LogP contribution in [0.1, 0.15) is 36.8 Å². The lowest BCUT2D eigenvalue weighted by Crippen LogP contribution is -2.46. The van der Waals surface area contributed by atoms with Crippen LogP contribution in [-0.2, 0) is 27.4 Å². The monoisotopic (exact) mass is 1130 g/mol. The minimum absolute atomic E-state index is 0. The summed E-state index contributed by atoms with van der Waals surface area (Å²) >= 11 is 21.4. The molecule has 2 atom stereocenters. The molecule has 0 saturated carbocycles. The van der Waals surface area contributed by atoms with Gasteiger partial charge in [0.2, 0.25) is 0 Å². The molecule has 0 fully saturated rings. The first-order valence-corrected chi connectivity index (χ1v) is 23.6. The van der Waals surface area contributed by atoms with Crippen LogP contribution >= 0.6 is 73.4 Å². The highest BCUT2D eigenvalue weighted by Crippen LogP contribution is 2.22. The van der Waals surface area contributed by atoms with Crippen molar-refractivity contribution in [3.8, 4) is 0 Å². The molecule has 2 heterocycles. The highest BCUT2D eigenvalue weighted by molar-refractivity contribution is 7.59. The van der Waals surface area contributed by atoms with Crippen molar-refractivity contribution in [3.63, 3.8) is 0 Å². The molecule has 2 aromatic heterocycles. The summed E-state index contributed by atoms with van der Waals surface area (Å²) in [6, 6.07) is 25.3. The fourth-order valence-electron chi connectivity index (χ4n) is 6.59. The Bertz CT molecular complexity index is 2730. The van der Waals surface area contributed by atoms with E-state index in [4.69, 9.17) is 55.9 Å². The van der Waals surface area contributed by atoms with Gasteiger partial charge in [-0.2, -0.15) is 27.0 Å². The number of aromatic nitrogens is 2. The van der Waals surface area contributed by atoms with Gasteiger partial charge in [0.25, 0.3) is 0 Å². The van der Waals surface area contributed by atoms with Crippen LogP contribution in [0.3, 0.4) is 0 Å². The Morgan fingerprint density at radius 2 is 1.05 bits per heavy atom. The number of nitrogens with one attached hydrogen (secondary N) is 4. The van der Waals surface area contributed by atoms with Crippen LogP contribution in [0.2, 0.25) is 10.0 Å². The standard InChI is InChI=1S/C24H26ClFN4O4.C24H24ClFN4O4.CH2Cl2.2H2S/c2*1-30(23(32)28-14-18-8-4-10-20(26)22(18)25)19(9-5-11-31)15-34-24(33)29-21-12-16-6-2-3-7-17(16)13-27-21;2-1-3;;/h2-4,6-8,10,12-13,19,31H,5,9,11,14-15H2,1H3,(H,28,32)(H,27,29,33);2-4,6-8,10-13,19H,5,9,14-15H2,1H3,(H,28,32)(H,27,29,33);1H2;2*1H2/t2*19-;;;/m00.../s1. The zero-order chi connectivity index (χ0) is 51.7. The number of benzene rings is 4. The molecule has 73 heavy (non-hydrogen) atoms. The Kier molecular flexibility index (Phi) is 29.3. The SMILES string of the molecule is CN(C(=O)NCc1cccc(F)c1Cl)[C@@H](CCC=O)COC(=O)Nc1cc2ccccc2cn1.CN(C(=O)NCc1cccc(F)c1Cl)[C@@H](CCCO)COC(=O)Nc1cc2ccccc2cn1.ClCCl.S.S. The van der Waals surface area contributed by atoms with Crippen LogP contribution in [0.5, 0.6) is 0 Å². The number of urea groups is 2. The molecule has 0 radical (unpaired) electrons. The van der Waals surface area contributed by atoms with E-state index in [-0.39, 0.29) is 88.1 Å². The van der Waals surface area contributed by atoms with Crippen molar-refractivity contribution in [2.24, 2.45) is 0 Å². The highest BCUT2D eigenvalue weighted by Gasteiger charge is 2.24. The van der Waals surface area contributed by atoms with Gasteiger partial charge in [-0.15, -0.1) is 23.2 Å². The van der Waals surface area contributed by atoms with E-state index in [1.54, 1.807) is 43.7 Å². The first-order valence-electron chi connectivity index (χ1n) is 21.8. The van der Waals surface area contributed by atoms with Crippen molar-refractivity contribution in [1.82, 2.24) is 30.4 Å². The quantitative estimate of drug-likeness (QED) is 0.0407. The second-order valence-corrected chi connectivity index (χ2v) is 16.8. The number of likely N-dealkylation sites (N-methyl/N-ethyl adjacent to an activating group) is 2. The molecule has 6 aromatic rings. The second-order valence-electron chi connectivity index (χ2n) is 15.3. The van der Waals surface area contributed by atoms with Gasteiger partial charge in [-0.3, -0.25) is 10.6 Å². The largest absolute Gasteiger partial charge is 0.447 e. The van der Waals surface area contributed by atoms with Crippen LogP contribution in [0.25, 0.3) is 21.5 Å². The van der Waals surface area contributed by atoms with Gasteiger partial charge >= 0.3 is 24.2 Å². The Morgan fingerprint density at radius 1 is 0.658 bits per heavy atom. The number of fused-ring (bicyclic) bond motifs is 2. The minimum atomic E-state index is -0.737. The summed E-state index contributed by atoms with van der Waals surface area (Å²) in [7, 11) is 3.07. The van der Waals surface area contributed by atoms with Gasteiger partial charge < -0.3 is 39.8 Å². The average Bonchev–Trinajstić information content (AvgIpc) is 3.37. The number of nitrogens with zero attached hydrogens (tertiary/aromatic N) is 4. The van der Waals surface area contributed by atoms with Gasteiger partial charge in [0, 0.05) is 63.4 Å². The zero-order valence-corrected chi connectivity index (χ0v) is 44.6. The summed E-state index contributed by atoms with van der Waals surface area (Å²) in [5.41, 5.74) is 0.861. The Morgan fingerprint density at radius 3 is 1.45 bits per heavy atom. The molecule has 16 nitrogen and oxygen atoms in total. The van der Waals surface area contributed by atoms with Crippen molar-refractivity contribution in [2.45, 2.75) is 50.9 Å². The second kappa shape index (κ2) is 33.8. The van der Waals surface area contributed by atoms with Gasteiger partial charge in [-0.25, -0.2) is 37.9 Å². The third-order valence-corrected chi connectivity index (χ3v) is 11.4. The zero-order valence-electron chi connectivity index (χ0n) is 39.6. The predicted octanol–water partition coefficient (Wildman–Crippen LogP) is 11.0. The molecule has 0 aliphatic heterocycles. The number of carbonyl (C=O) groups excluding carboxylic acids is 5. The molecule has 0 aliphatic carbocycles. The van der Waals surface area contributed by atoms with Crippen LogP contribution in [0.4, 0.5) is 39.6 Å². The van der Waals surface area contributed by atoms with E-state index in [9.17, 15) is 37.9 Å².